The summed E-state index contributed by atoms with van der Waals surface area (Å²) in [6.07, 6.45) is 5.98. The number of amidine groups is 1. The number of carbonyl (C=O) groups is 1. The average molecular weight is 223 g/mol. The Morgan fingerprint density at radius 1 is 1.56 bits per heavy atom. The standard InChI is InChI=1S/C12H21N3O/c1-4-7-14-12(13-3)11-6-5-8-15(9-11)10(2)16/h4,7,11H,5-6,8-9H2,1-3H3,(H,13,14)/b7-4-. The van der Waals surface area contributed by atoms with Crippen LogP contribution in [0.4, 0.5) is 0 Å². The minimum atomic E-state index is 0.159. The largest absolute Gasteiger partial charge is 0.351 e. The maximum absolute atomic E-state index is 11.3. The van der Waals surface area contributed by atoms with E-state index in [1.807, 2.05) is 24.1 Å². The van der Waals surface area contributed by atoms with Crippen molar-refractivity contribution in [1.29, 1.82) is 0 Å². The van der Waals surface area contributed by atoms with Crippen molar-refractivity contribution in [2.45, 2.75) is 26.7 Å². The molecule has 0 spiro atoms. The number of amides is 1. The van der Waals surface area contributed by atoms with E-state index in [9.17, 15) is 4.79 Å². The molecular weight excluding hydrogens is 202 g/mol. The van der Waals surface area contributed by atoms with Gasteiger partial charge in [0.2, 0.25) is 5.91 Å². The van der Waals surface area contributed by atoms with Gasteiger partial charge in [0, 0.05) is 33.0 Å². The van der Waals surface area contributed by atoms with Crippen LogP contribution < -0.4 is 5.32 Å². The molecule has 1 saturated heterocycles. The fraction of sp³-hybridized carbons (Fsp3) is 0.667. The predicted molar refractivity (Wildman–Crippen MR) is 66.3 cm³/mol. The summed E-state index contributed by atoms with van der Waals surface area (Å²) in [4.78, 5) is 17.5. The highest BCUT2D eigenvalue weighted by molar-refractivity contribution is 5.86. The lowest BCUT2D eigenvalue weighted by Gasteiger charge is -2.32. The van der Waals surface area contributed by atoms with Gasteiger partial charge >= 0.3 is 0 Å². The zero-order chi connectivity index (χ0) is 12.0. The lowest BCUT2D eigenvalue weighted by atomic mass is 9.96. The summed E-state index contributed by atoms with van der Waals surface area (Å²) in [5.74, 6) is 1.48. The molecule has 1 atom stereocenters. The number of aliphatic imine (C=N–C) groups is 1. The second-order valence-electron chi connectivity index (χ2n) is 4.06. The highest BCUT2D eigenvalue weighted by atomic mass is 16.2. The van der Waals surface area contributed by atoms with Crippen LogP contribution in [-0.2, 0) is 4.79 Å². The molecule has 1 rings (SSSR count). The number of rotatable bonds is 2. The monoisotopic (exact) mass is 223 g/mol. The van der Waals surface area contributed by atoms with Crippen molar-refractivity contribution in [3.8, 4) is 0 Å². The molecule has 1 aliphatic heterocycles. The Kier molecular flexibility index (Phi) is 5.02. The molecule has 0 aromatic carbocycles. The fourth-order valence-electron chi connectivity index (χ4n) is 2.02. The highest BCUT2D eigenvalue weighted by Gasteiger charge is 2.24. The molecular formula is C12H21N3O. The van der Waals surface area contributed by atoms with Gasteiger partial charge in [-0.05, 0) is 26.0 Å². The van der Waals surface area contributed by atoms with Gasteiger partial charge in [0.25, 0.3) is 0 Å². The lowest BCUT2D eigenvalue weighted by Crippen LogP contribution is -2.43. The van der Waals surface area contributed by atoms with Crippen LogP contribution in [0.1, 0.15) is 26.7 Å². The van der Waals surface area contributed by atoms with Crippen LogP contribution in [0.3, 0.4) is 0 Å². The molecule has 0 bridgehead atoms. The van der Waals surface area contributed by atoms with Crippen LogP contribution in [0.25, 0.3) is 0 Å². The normalized spacial score (nSPS) is 22.6. The predicted octanol–water partition coefficient (Wildman–Crippen LogP) is 1.40. The van der Waals surface area contributed by atoms with E-state index in [0.29, 0.717) is 5.92 Å². The minimum absolute atomic E-state index is 0.159. The van der Waals surface area contributed by atoms with Crippen molar-refractivity contribution >= 4 is 11.7 Å². The van der Waals surface area contributed by atoms with E-state index in [-0.39, 0.29) is 5.91 Å². The van der Waals surface area contributed by atoms with Crippen molar-refractivity contribution in [3.05, 3.63) is 12.3 Å². The van der Waals surface area contributed by atoms with Gasteiger partial charge in [-0.2, -0.15) is 0 Å². The van der Waals surface area contributed by atoms with Crippen molar-refractivity contribution in [2.75, 3.05) is 20.1 Å². The number of allylic oxidation sites excluding steroid dienone is 1. The van der Waals surface area contributed by atoms with Gasteiger partial charge in [0.15, 0.2) is 0 Å². The van der Waals surface area contributed by atoms with Gasteiger partial charge in [0.1, 0.15) is 5.84 Å². The number of hydrogen-bond acceptors (Lipinski definition) is 2. The van der Waals surface area contributed by atoms with Gasteiger partial charge < -0.3 is 10.2 Å². The van der Waals surface area contributed by atoms with Gasteiger partial charge in [-0.1, -0.05) is 6.08 Å². The van der Waals surface area contributed by atoms with E-state index in [0.717, 1.165) is 31.8 Å². The number of piperidine rings is 1. The Hall–Kier alpha value is -1.32. The Labute approximate surface area is 97.4 Å². The highest BCUT2D eigenvalue weighted by Crippen LogP contribution is 2.17. The first-order valence-corrected chi connectivity index (χ1v) is 5.79. The van der Waals surface area contributed by atoms with Gasteiger partial charge in [-0.25, -0.2) is 0 Å². The third-order valence-electron chi connectivity index (χ3n) is 2.89. The zero-order valence-electron chi connectivity index (χ0n) is 10.4. The Morgan fingerprint density at radius 2 is 2.31 bits per heavy atom. The van der Waals surface area contributed by atoms with Gasteiger partial charge in [-0.15, -0.1) is 0 Å². The molecule has 1 N–H and O–H groups in total. The molecule has 4 nitrogen and oxygen atoms in total. The molecule has 16 heavy (non-hydrogen) atoms. The number of nitrogens with zero attached hydrogens (tertiary/aromatic N) is 2. The first kappa shape index (κ1) is 12.7. The third kappa shape index (κ3) is 3.36. The number of carbonyl (C=O) groups excluding carboxylic acids is 1. The Bertz CT molecular complexity index is 297. The number of hydrogen-bond donors (Lipinski definition) is 1. The lowest BCUT2D eigenvalue weighted by molar-refractivity contribution is -0.130. The first-order chi connectivity index (χ1) is 7.69. The SMILES string of the molecule is C/C=C\NC(=NC)C1CCCN(C(C)=O)C1. The summed E-state index contributed by atoms with van der Waals surface area (Å²) in [7, 11) is 1.79. The van der Waals surface area contributed by atoms with Crippen LogP contribution in [0, 0.1) is 5.92 Å². The molecule has 90 valence electrons. The quantitative estimate of drug-likeness (QED) is 0.568. The molecule has 1 fully saturated rings. The van der Waals surface area contributed by atoms with E-state index in [1.54, 1.807) is 14.0 Å². The van der Waals surface area contributed by atoms with E-state index < -0.39 is 0 Å². The van der Waals surface area contributed by atoms with Gasteiger partial charge in [-0.3, -0.25) is 9.79 Å². The van der Waals surface area contributed by atoms with Crippen LogP contribution in [0.5, 0.6) is 0 Å². The Morgan fingerprint density at radius 3 is 2.88 bits per heavy atom. The van der Waals surface area contributed by atoms with Crippen LogP contribution in [0.15, 0.2) is 17.3 Å². The second kappa shape index (κ2) is 6.30. The molecule has 1 amide bonds. The van der Waals surface area contributed by atoms with Crippen molar-refractivity contribution in [1.82, 2.24) is 10.2 Å². The number of nitrogens with one attached hydrogen (secondary N) is 1. The van der Waals surface area contributed by atoms with Gasteiger partial charge in [0.05, 0.1) is 0 Å². The number of likely N-dealkylation sites (tertiary alicyclic amines) is 1. The zero-order valence-corrected chi connectivity index (χ0v) is 10.4. The van der Waals surface area contributed by atoms with E-state index >= 15 is 0 Å². The maximum Gasteiger partial charge on any atom is 0.219 e. The molecule has 0 aliphatic carbocycles. The van der Waals surface area contributed by atoms with E-state index in [2.05, 4.69) is 10.3 Å². The summed E-state index contributed by atoms with van der Waals surface area (Å²) >= 11 is 0. The third-order valence-corrected chi connectivity index (χ3v) is 2.89. The molecule has 0 saturated carbocycles. The Balaban J connectivity index is 2.61. The van der Waals surface area contributed by atoms with Crippen LogP contribution in [-0.4, -0.2) is 36.8 Å². The van der Waals surface area contributed by atoms with Crippen molar-refractivity contribution in [2.24, 2.45) is 10.9 Å². The molecule has 1 aliphatic rings. The van der Waals surface area contributed by atoms with Crippen molar-refractivity contribution < 1.29 is 4.79 Å². The molecule has 0 radical (unpaired) electrons. The summed E-state index contributed by atoms with van der Waals surface area (Å²) < 4.78 is 0. The fourth-order valence-corrected chi connectivity index (χ4v) is 2.02. The summed E-state index contributed by atoms with van der Waals surface area (Å²) in [5.41, 5.74) is 0. The van der Waals surface area contributed by atoms with E-state index in [4.69, 9.17) is 0 Å². The molecule has 0 aromatic rings. The van der Waals surface area contributed by atoms with Crippen molar-refractivity contribution in [3.63, 3.8) is 0 Å². The smallest absolute Gasteiger partial charge is 0.219 e. The average Bonchev–Trinajstić information content (AvgIpc) is 2.30. The summed E-state index contributed by atoms with van der Waals surface area (Å²) in [6.45, 7) is 5.26. The van der Waals surface area contributed by atoms with E-state index in [1.165, 1.54) is 0 Å². The second-order valence-corrected chi connectivity index (χ2v) is 4.06. The van der Waals surface area contributed by atoms with Crippen LogP contribution >= 0.6 is 0 Å². The molecule has 0 aromatic heterocycles. The topological polar surface area (TPSA) is 44.7 Å². The summed E-state index contributed by atoms with van der Waals surface area (Å²) in [5, 5.41) is 3.18. The van der Waals surface area contributed by atoms with Crippen LogP contribution in [0.2, 0.25) is 0 Å². The first-order valence-electron chi connectivity index (χ1n) is 5.79. The minimum Gasteiger partial charge on any atom is -0.351 e. The molecule has 1 heterocycles. The maximum atomic E-state index is 11.3. The summed E-state index contributed by atoms with van der Waals surface area (Å²) in [6, 6.07) is 0. The molecule has 1 unspecified atom stereocenters. The molecule has 4 heteroatoms.